The Hall–Kier alpha value is -1.92. The van der Waals surface area contributed by atoms with Crippen molar-refractivity contribution in [3.63, 3.8) is 0 Å². The van der Waals surface area contributed by atoms with Gasteiger partial charge in [-0.2, -0.15) is 4.98 Å². The lowest BCUT2D eigenvalue weighted by Crippen LogP contribution is -2.13. The van der Waals surface area contributed by atoms with Gasteiger partial charge in [-0.15, -0.1) is 0 Å². The maximum absolute atomic E-state index is 13.0. The molecule has 15 heavy (non-hydrogen) atoms. The third-order valence-corrected chi connectivity index (χ3v) is 1.66. The van der Waals surface area contributed by atoms with E-state index < -0.39 is 5.82 Å². The second-order valence-electron chi connectivity index (χ2n) is 2.92. The molecule has 1 aromatic heterocycles. The van der Waals surface area contributed by atoms with Crippen molar-refractivity contribution < 1.29 is 9.18 Å². The lowest BCUT2D eigenvalue weighted by atomic mass is 10.3. The van der Waals surface area contributed by atoms with E-state index in [1.54, 1.807) is 0 Å². The van der Waals surface area contributed by atoms with Crippen LogP contribution in [0.2, 0.25) is 0 Å². The minimum Gasteiger partial charge on any atom is -0.370 e. The van der Waals surface area contributed by atoms with Gasteiger partial charge >= 0.3 is 0 Å². The van der Waals surface area contributed by atoms with E-state index in [4.69, 9.17) is 11.5 Å². The molecule has 0 atom stereocenters. The van der Waals surface area contributed by atoms with E-state index in [0.717, 1.165) is 6.20 Å². The molecule has 0 aromatic carbocycles. The quantitative estimate of drug-likeness (QED) is 0.591. The second-order valence-corrected chi connectivity index (χ2v) is 2.92. The predicted octanol–water partition coefficient (Wildman–Crippen LogP) is -0.125. The molecule has 7 heteroatoms. The summed E-state index contributed by atoms with van der Waals surface area (Å²) in [6.07, 6.45) is 1.74. The molecule has 0 unspecified atom stereocenters. The van der Waals surface area contributed by atoms with Crippen LogP contribution >= 0.6 is 0 Å². The van der Waals surface area contributed by atoms with Crippen LogP contribution in [0.3, 0.4) is 0 Å². The molecule has 0 saturated carbocycles. The SMILES string of the molecule is NC(=O)CCCNc1nc(N)ncc1F. The average molecular weight is 213 g/mol. The minimum absolute atomic E-state index is 0.00574. The topological polar surface area (TPSA) is 107 Å². The summed E-state index contributed by atoms with van der Waals surface area (Å²) in [6, 6.07) is 0. The molecule has 5 N–H and O–H groups in total. The Kier molecular flexibility index (Phi) is 3.78. The molecule has 1 heterocycles. The van der Waals surface area contributed by atoms with Crippen LogP contribution in [0.25, 0.3) is 0 Å². The van der Waals surface area contributed by atoms with Crippen LogP contribution in [0.1, 0.15) is 12.8 Å². The number of rotatable bonds is 5. The van der Waals surface area contributed by atoms with Crippen molar-refractivity contribution in [1.82, 2.24) is 9.97 Å². The first-order valence-electron chi connectivity index (χ1n) is 4.40. The van der Waals surface area contributed by atoms with Gasteiger partial charge in [0.05, 0.1) is 6.20 Å². The van der Waals surface area contributed by atoms with Crippen LogP contribution < -0.4 is 16.8 Å². The highest BCUT2D eigenvalue weighted by atomic mass is 19.1. The molecular formula is C8H12FN5O. The van der Waals surface area contributed by atoms with Crippen LogP contribution in [0, 0.1) is 5.82 Å². The molecule has 0 aliphatic heterocycles. The van der Waals surface area contributed by atoms with E-state index in [2.05, 4.69) is 15.3 Å². The molecule has 0 aliphatic rings. The number of hydrogen-bond donors (Lipinski definition) is 3. The van der Waals surface area contributed by atoms with Gasteiger partial charge in [0.2, 0.25) is 11.9 Å². The van der Waals surface area contributed by atoms with Crippen LogP contribution in [0.15, 0.2) is 6.20 Å². The summed E-state index contributed by atoms with van der Waals surface area (Å²) in [5, 5.41) is 2.70. The second kappa shape index (κ2) is 5.08. The van der Waals surface area contributed by atoms with Crippen LogP contribution in [0.5, 0.6) is 0 Å². The maximum atomic E-state index is 13.0. The molecule has 1 rings (SSSR count). The number of halogens is 1. The van der Waals surface area contributed by atoms with E-state index in [0.29, 0.717) is 13.0 Å². The van der Waals surface area contributed by atoms with Crippen molar-refractivity contribution in [3.05, 3.63) is 12.0 Å². The van der Waals surface area contributed by atoms with E-state index in [1.807, 2.05) is 0 Å². The fourth-order valence-electron chi connectivity index (χ4n) is 0.974. The molecule has 0 fully saturated rings. The van der Waals surface area contributed by atoms with Crippen molar-refractivity contribution in [2.24, 2.45) is 5.73 Å². The Morgan fingerprint density at radius 2 is 2.33 bits per heavy atom. The number of anilines is 2. The first-order chi connectivity index (χ1) is 7.09. The lowest BCUT2D eigenvalue weighted by molar-refractivity contribution is -0.118. The highest BCUT2D eigenvalue weighted by molar-refractivity contribution is 5.73. The summed E-state index contributed by atoms with van der Waals surface area (Å²) in [5.74, 6) is -0.941. The van der Waals surface area contributed by atoms with Gasteiger partial charge in [0.15, 0.2) is 11.6 Å². The van der Waals surface area contributed by atoms with Crippen molar-refractivity contribution in [3.8, 4) is 0 Å². The molecule has 0 radical (unpaired) electrons. The van der Waals surface area contributed by atoms with Crippen molar-refractivity contribution in [1.29, 1.82) is 0 Å². The zero-order valence-corrected chi connectivity index (χ0v) is 8.03. The minimum atomic E-state index is -0.580. The average Bonchev–Trinajstić information content (AvgIpc) is 2.17. The third-order valence-electron chi connectivity index (χ3n) is 1.66. The summed E-state index contributed by atoms with van der Waals surface area (Å²) in [4.78, 5) is 17.5. The molecular weight excluding hydrogens is 201 g/mol. The molecule has 82 valence electrons. The fourth-order valence-corrected chi connectivity index (χ4v) is 0.974. The van der Waals surface area contributed by atoms with Gasteiger partial charge in [-0.05, 0) is 6.42 Å². The summed E-state index contributed by atoms with van der Waals surface area (Å²) in [5.41, 5.74) is 10.2. The number of nitrogens with one attached hydrogen (secondary N) is 1. The number of amides is 1. The lowest BCUT2D eigenvalue weighted by Gasteiger charge is -2.05. The standard InChI is InChI=1S/C8H12FN5O/c9-5-4-13-8(11)14-7(5)12-3-1-2-6(10)15/h4H,1-3H2,(H2,10,15)(H3,11,12,13,14). The zero-order valence-electron chi connectivity index (χ0n) is 8.03. The van der Waals surface area contributed by atoms with Gasteiger partial charge in [0, 0.05) is 13.0 Å². The number of carbonyl (C=O) groups excluding carboxylic acids is 1. The molecule has 6 nitrogen and oxygen atoms in total. The molecule has 1 amide bonds. The maximum Gasteiger partial charge on any atom is 0.222 e. The van der Waals surface area contributed by atoms with Gasteiger partial charge in [-0.25, -0.2) is 9.37 Å². The predicted molar refractivity (Wildman–Crippen MR) is 53.3 cm³/mol. The molecule has 0 aliphatic carbocycles. The number of nitrogens with two attached hydrogens (primary N) is 2. The van der Waals surface area contributed by atoms with Gasteiger partial charge < -0.3 is 16.8 Å². The van der Waals surface area contributed by atoms with E-state index >= 15 is 0 Å². The van der Waals surface area contributed by atoms with Gasteiger partial charge in [-0.3, -0.25) is 4.79 Å². The van der Waals surface area contributed by atoms with E-state index in [9.17, 15) is 9.18 Å². The number of aromatic nitrogens is 2. The Labute approximate surface area is 85.9 Å². The summed E-state index contributed by atoms with van der Waals surface area (Å²) >= 11 is 0. The number of nitrogen functional groups attached to an aromatic ring is 1. The Balaban J connectivity index is 2.43. The van der Waals surface area contributed by atoms with E-state index in [1.165, 1.54) is 0 Å². The Morgan fingerprint density at radius 3 is 3.00 bits per heavy atom. The molecule has 0 bridgehead atoms. The number of primary amides is 1. The normalized spacial score (nSPS) is 9.93. The Bertz CT molecular complexity index is 357. The fraction of sp³-hybridized carbons (Fsp3) is 0.375. The van der Waals surface area contributed by atoms with Crippen molar-refractivity contribution >= 4 is 17.7 Å². The first-order valence-corrected chi connectivity index (χ1v) is 4.40. The van der Waals surface area contributed by atoms with Crippen LogP contribution in [-0.2, 0) is 4.79 Å². The monoisotopic (exact) mass is 213 g/mol. The Morgan fingerprint density at radius 1 is 1.60 bits per heavy atom. The van der Waals surface area contributed by atoms with Gasteiger partial charge in [0.1, 0.15) is 0 Å². The molecule has 0 saturated heterocycles. The molecule has 0 spiro atoms. The summed E-state index contributed by atoms with van der Waals surface area (Å²) < 4.78 is 13.0. The van der Waals surface area contributed by atoms with Gasteiger partial charge in [-0.1, -0.05) is 0 Å². The third kappa shape index (κ3) is 3.75. The smallest absolute Gasteiger partial charge is 0.222 e. The number of carbonyl (C=O) groups is 1. The number of hydrogen-bond acceptors (Lipinski definition) is 5. The summed E-state index contributed by atoms with van der Waals surface area (Å²) in [6.45, 7) is 0.399. The summed E-state index contributed by atoms with van der Waals surface area (Å²) in [7, 11) is 0. The highest BCUT2D eigenvalue weighted by Gasteiger charge is 2.04. The largest absolute Gasteiger partial charge is 0.370 e. The number of nitrogens with zero attached hydrogens (tertiary/aromatic N) is 2. The molecule has 1 aromatic rings. The van der Waals surface area contributed by atoms with Gasteiger partial charge in [0.25, 0.3) is 0 Å². The highest BCUT2D eigenvalue weighted by Crippen LogP contribution is 2.09. The van der Waals surface area contributed by atoms with Crippen LogP contribution in [0.4, 0.5) is 16.2 Å². The van der Waals surface area contributed by atoms with Crippen molar-refractivity contribution in [2.75, 3.05) is 17.6 Å². The zero-order chi connectivity index (χ0) is 11.3. The first kappa shape index (κ1) is 11.2. The van der Waals surface area contributed by atoms with Crippen LogP contribution in [-0.4, -0.2) is 22.4 Å². The van der Waals surface area contributed by atoms with E-state index in [-0.39, 0.29) is 24.1 Å². The van der Waals surface area contributed by atoms with Crippen molar-refractivity contribution in [2.45, 2.75) is 12.8 Å².